The van der Waals surface area contributed by atoms with Crippen LogP contribution in [0.2, 0.25) is 0 Å². The lowest BCUT2D eigenvalue weighted by Crippen LogP contribution is -2.29. The monoisotopic (exact) mass is 359 g/mol. The molecule has 2 aromatic rings. The van der Waals surface area contributed by atoms with Crippen LogP contribution < -0.4 is 16.4 Å². The van der Waals surface area contributed by atoms with Crippen molar-refractivity contribution in [1.82, 2.24) is 15.5 Å². The minimum Gasteiger partial charge on any atom is -0.370 e. The second-order valence-electron chi connectivity index (χ2n) is 6.52. The van der Waals surface area contributed by atoms with Gasteiger partial charge >= 0.3 is 0 Å². The van der Waals surface area contributed by atoms with Crippen molar-refractivity contribution in [2.45, 2.75) is 25.7 Å². The van der Waals surface area contributed by atoms with Crippen molar-refractivity contribution in [3.63, 3.8) is 0 Å². The summed E-state index contributed by atoms with van der Waals surface area (Å²) >= 11 is 0. The lowest BCUT2D eigenvalue weighted by molar-refractivity contribution is -0.117. The van der Waals surface area contributed by atoms with Crippen molar-refractivity contribution in [3.8, 4) is 0 Å². The van der Waals surface area contributed by atoms with Gasteiger partial charge in [-0.25, -0.2) is 4.39 Å². The number of hydrogen-bond acceptors (Lipinski definition) is 5. The maximum absolute atomic E-state index is 13.1. The van der Waals surface area contributed by atoms with E-state index in [1.165, 1.54) is 12.1 Å². The van der Waals surface area contributed by atoms with Crippen LogP contribution in [-0.4, -0.2) is 35.1 Å². The van der Waals surface area contributed by atoms with Gasteiger partial charge in [0.2, 0.25) is 5.91 Å². The van der Waals surface area contributed by atoms with E-state index in [-0.39, 0.29) is 29.9 Å². The predicted molar refractivity (Wildman–Crippen MR) is 96.1 cm³/mol. The Hall–Kier alpha value is -3.03. The Morgan fingerprint density at radius 3 is 2.38 bits per heavy atom. The van der Waals surface area contributed by atoms with Gasteiger partial charge in [-0.15, -0.1) is 10.2 Å². The summed E-state index contributed by atoms with van der Waals surface area (Å²) in [6.45, 7) is 4.77. The molecule has 138 valence electrons. The van der Waals surface area contributed by atoms with Gasteiger partial charge in [0.15, 0.2) is 5.69 Å². The highest BCUT2D eigenvalue weighted by molar-refractivity contribution is 5.92. The van der Waals surface area contributed by atoms with Gasteiger partial charge in [-0.3, -0.25) is 9.59 Å². The molecule has 0 atom stereocenters. The molecule has 7 nitrogen and oxygen atoms in total. The van der Waals surface area contributed by atoms with Gasteiger partial charge in [-0.05, 0) is 29.8 Å². The molecule has 0 fully saturated rings. The highest BCUT2D eigenvalue weighted by Gasteiger charge is 2.20. The molecule has 0 spiro atoms. The van der Waals surface area contributed by atoms with E-state index in [0.29, 0.717) is 12.4 Å². The standard InChI is InChI=1S/C18H22FN5O2/c1-18(2,12-3-5-13(19)6-4-12)11-22-16-8-7-14(23-24-16)17(26)21-10-9-15(20)25/h3-8H,9-11H2,1-2H3,(H2,20,25)(H,21,26)(H,22,24). The first-order chi connectivity index (χ1) is 12.3. The second-order valence-corrected chi connectivity index (χ2v) is 6.52. The molecule has 1 heterocycles. The zero-order valence-electron chi connectivity index (χ0n) is 14.8. The summed E-state index contributed by atoms with van der Waals surface area (Å²) in [5.74, 6) is -0.654. The lowest BCUT2D eigenvalue weighted by Gasteiger charge is -2.25. The largest absolute Gasteiger partial charge is 0.370 e. The second kappa shape index (κ2) is 8.37. The molecule has 4 N–H and O–H groups in total. The summed E-state index contributed by atoms with van der Waals surface area (Å²) < 4.78 is 13.1. The molecule has 0 aliphatic carbocycles. The maximum Gasteiger partial charge on any atom is 0.271 e. The number of carbonyl (C=O) groups excluding carboxylic acids is 2. The number of halogens is 1. The minimum absolute atomic E-state index is 0.0667. The molecule has 2 rings (SSSR count). The first-order valence-electron chi connectivity index (χ1n) is 8.18. The van der Waals surface area contributed by atoms with Crippen LogP contribution in [0.3, 0.4) is 0 Å². The number of hydrogen-bond donors (Lipinski definition) is 3. The maximum atomic E-state index is 13.1. The van der Waals surface area contributed by atoms with Crippen molar-refractivity contribution in [3.05, 3.63) is 53.5 Å². The highest BCUT2D eigenvalue weighted by Crippen LogP contribution is 2.23. The molecule has 0 radical (unpaired) electrons. The third-order valence-corrected chi connectivity index (χ3v) is 3.89. The lowest BCUT2D eigenvalue weighted by atomic mass is 9.84. The third kappa shape index (κ3) is 5.51. The first kappa shape index (κ1) is 19.3. The van der Waals surface area contributed by atoms with Gasteiger partial charge in [-0.1, -0.05) is 26.0 Å². The molecule has 26 heavy (non-hydrogen) atoms. The van der Waals surface area contributed by atoms with E-state index in [1.54, 1.807) is 24.3 Å². The summed E-state index contributed by atoms with van der Waals surface area (Å²) in [7, 11) is 0. The van der Waals surface area contributed by atoms with Gasteiger partial charge in [-0.2, -0.15) is 0 Å². The topological polar surface area (TPSA) is 110 Å². The molecular formula is C18H22FN5O2. The van der Waals surface area contributed by atoms with Crippen molar-refractivity contribution < 1.29 is 14.0 Å². The van der Waals surface area contributed by atoms with Gasteiger partial charge in [0.25, 0.3) is 5.91 Å². The van der Waals surface area contributed by atoms with Crippen LogP contribution in [-0.2, 0) is 10.2 Å². The normalized spacial score (nSPS) is 11.0. The van der Waals surface area contributed by atoms with Crippen LogP contribution in [0.1, 0.15) is 36.3 Å². The Bertz CT molecular complexity index is 760. The average molecular weight is 359 g/mol. The molecule has 1 aromatic heterocycles. The fraction of sp³-hybridized carbons (Fsp3) is 0.333. The number of rotatable bonds is 8. The quantitative estimate of drug-likeness (QED) is 0.663. The molecule has 2 amide bonds. The van der Waals surface area contributed by atoms with E-state index >= 15 is 0 Å². The molecule has 0 aliphatic rings. The Morgan fingerprint density at radius 2 is 1.81 bits per heavy atom. The van der Waals surface area contributed by atoms with E-state index in [2.05, 4.69) is 20.8 Å². The van der Waals surface area contributed by atoms with Crippen molar-refractivity contribution in [2.24, 2.45) is 5.73 Å². The number of primary amides is 1. The number of benzene rings is 1. The number of anilines is 1. The summed E-state index contributed by atoms with van der Waals surface area (Å²) in [4.78, 5) is 22.5. The average Bonchev–Trinajstić information content (AvgIpc) is 2.60. The molecule has 0 unspecified atom stereocenters. The number of aromatic nitrogens is 2. The molecule has 0 aliphatic heterocycles. The number of nitrogens with two attached hydrogens (primary N) is 1. The van der Waals surface area contributed by atoms with Crippen molar-refractivity contribution in [1.29, 1.82) is 0 Å². The van der Waals surface area contributed by atoms with Gasteiger partial charge in [0, 0.05) is 24.9 Å². The van der Waals surface area contributed by atoms with E-state index < -0.39 is 11.8 Å². The smallest absolute Gasteiger partial charge is 0.271 e. The van der Waals surface area contributed by atoms with Gasteiger partial charge < -0.3 is 16.4 Å². The molecule has 0 saturated heterocycles. The third-order valence-electron chi connectivity index (χ3n) is 3.89. The van der Waals surface area contributed by atoms with Crippen LogP contribution in [0.15, 0.2) is 36.4 Å². The fourth-order valence-corrected chi connectivity index (χ4v) is 2.25. The summed E-state index contributed by atoms with van der Waals surface area (Å²) in [6.07, 6.45) is 0.0667. The summed E-state index contributed by atoms with van der Waals surface area (Å²) in [5.41, 5.74) is 5.90. The Morgan fingerprint density at radius 1 is 1.12 bits per heavy atom. The predicted octanol–water partition coefficient (Wildman–Crippen LogP) is 1.61. The van der Waals surface area contributed by atoms with Crippen LogP contribution in [0.4, 0.5) is 10.2 Å². The number of nitrogens with zero attached hydrogens (tertiary/aromatic N) is 2. The highest BCUT2D eigenvalue weighted by atomic mass is 19.1. The summed E-state index contributed by atoms with van der Waals surface area (Å²) in [6, 6.07) is 9.56. The zero-order chi connectivity index (χ0) is 19.2. The zero-order valence-corrected chi connectivity index (χ0v) is 14.8. The Kier molecular flexibility index (Phi) is 6.21. The Labute approximate surface area is 151 Å². The first-order valence-corrected chi connectivity index (χ1v) is 8.18. The molecule has 1 aromatic carbocycles. The van der Waals surface area contributed by atoms with E-state index in [4.69, 9.17) is 5.73 Å². The Balaban J connectivity index is 1.91. The number of carbonyl (C=O) groups is 2. The van der Waals surface area contributed by atoms with Crippen LogP contribution in [0, 0.1) is 5.82 Å². The SMILES string of the molecule is CC(C)(CNc1ccc(C(=O)NCCC(N)=O)nn1)c1ccc(F)cc1. The van der Waals surface area contributed by atoms with Crippen molar-refractivity contribution in [2.75, 3.05) is 18.4 Å². The molecule has 8 heteroatoms. The molecule has 0 saturated carbocycles. The summed E-state index contributed by atoms with van der Waals surface area (Å²) in [5, 5.41) is 13.6. The van der Waals surface area contributed by atoms with E-state index in [0.717, 1.165) is 5.56 Å². The fourth-order valence-electron chi connectivity index (χ4n) is 2.25. The minimum atomic E-state index is -0.486. The van der Waals surface area contributed by atoms with Crippen LogP contribution in [0.5, 0.6) is 0 Å². The van der Waals surface area contributed by atoms with Crippen LogP contribution >= 0.6 is 0 Å². The van der Waals surface area contributed by atoms with E-state index in [9.17, 15) is 14.0 Å². The van der Waals surface area contributed by atoms with Gasteiger partial charge in [0.05, 0.1) is 0 Å². The van der Waals surface area contributed by atoms with E-state index in [1.807, 2.05) is 13.8 Å². The number of nitrogens with one attached hydrogen (secondary N) is 2. The van der Waals surface area contributed by atoms with Gasteiger partial charge in [0.1, 0.15) is 11.6 Å². The van der Waals surface area contributed by atoms with Crippen molar-refractivity contribution >= 4 is 17.6 Å². The number of amides is 2. The molecule has 0 bridgehead atoms. The van der Waals surface area contributed by atoms with Crippen LogP contribution in [0.25, 0.3) is 0 Å². The molecular weight excluding hydrogens is 337 g/mol.